The van der Waals surface area contributed by atoms with Crippen LogP contribution in [0, 0.1) is 12.8 Å². The van der Waals surface area contributed by atoms with Gasteiger partial charge >= 0.3 is 0 Å². The van der Waals surface area contributed by atoms with Gasteiger partial charge in [-0.15, -0.1) is 0 Å². The van der Waals surface area contributed by atoms with E-state index in [4.69, 9.17) is 4.52 Å². The summed E-state index contributed by atoms with van der Waals surface area (Å²) in [4.78, 5) is 18.5. The van der Waals surface area contributed by atoms with E-state index in [2.05, 4.69) is 10.1 Å². The van der Waals surface area contributed by atoms with E-state index >= 15 is 0 Å². The highest BCUT2D eigenvalue weighted by atomic mass is 16.5. The fourth-order valence-corrected chi connectivity index (χ4v) is 3.12. The summed E-state index contributed by atoms with van der Waals surface area (Å²) in [5, 5.41) is 4.68. The molecule has 2 heterocycles. The van der Waals surface area contributed by atoms with E-state index in [1.807, 2.05) is 24.9 Å². The first kappa shape index (κ1) is 14.0. The van der Waals surface area contributed by atoms with Gasteiger partial charge in [-0.25, -0.2) is 4.98 Å². The van der Waals surface area contributed by atoms with Crippen LogP contribution in [0.5, 0.6) is 0 Å². The van der Waals surface area contributed by atoms with Crippen LogP contribution in [-0.4, -0.2) is 34.5 Å². The molecule has 1 fully saturated rings. The molecule has 0 atom stereocenters. The van der Waals surface area contributed by atoms with E-state index in [-0.39, 0.29) is 5.91 Å². The number of pyridine rings is 1. The Morgan fingerprint density at radius 3 is 2.90 bits per heavy atom. The van der Waals surface area contributed by atoms with Crippen molar-refractivity contribution in [3.8, 4) is 0 Å². The fourth-order valence-electron chi connectivity index (χ4n) is 3.12. The van der Waals surface area contributed by atoms with Crippen molar-refractivity contribution in [1.29, 1.82) is 0 Å². The van der Waals surface area contributed by atoms with Crippen molar-refractivity contribution in [2.45, 2.75) is 39.0 Å². The summed E-state index contributed by atoms with van der Waals surface area (Å²) in [6, 6.07) is 1.83. The smallest absolute Gasteiger partial charge is 0.257 e. The molecule has 21 heavy (non-hydrogen) atoms. The molecular formula is C16H21N3O2. The minimum atomic E-state index is 0.0237. The van der Waals surface area contributed by atoms with Crippen LogP contribution in [0.25, 0.3) is 11.1 Å². The third kappa shape index (κ3) is 2.91. The first-order chi connectivity index (χ1) is 10.1. The zero-order chi connectivity index (χ0) is 14.8. The van der Waals surface area contributed by atoms with Crippen LogP contribution >= 0.6 is 0 Å². The Morgan fingerprint density at radius 2 is 2.14 bits per heavy atom. The van der Waals surface area contributed by atoms with Crippen molar-refractivity contribution in [2.75, 3.05) is 13.6 Å². The molecule has 5 heteroatoms. The van der Waals surface area contributed by atoms with Gasteiger partial charge in [-0.05, 0) is 31.7 Å². The Kier molecular flexibility index (Phi) is 3.90. The second kappa shape index (κ2) is 5.84. The number of aromatic nitrogens is 2. The molecule has 1 aliphatic rings. The quantitative estimate of drug-likeness (QED) is 0.870. The topological polar surface area (TPSA) is 59.2 Å². The molecule has 0 radical (unpaired) electrons. The van der Waals surface area contributed by atoms with E-state index in [0.717, 1.165) is 17.6 Å². The van der Waals surface area contributed by atoms with Crippen LogP contribution in [0.3, 0.4) is 0 Å². The molecule has 0 bridgehead atoms. The predicted octanol–water partition coefficient (Wildman–Crippen LogP) is 3.18. The molecule has 112 valence electrons. The molecule has 5 nitrogen and oxygen atoms in total. The van der Waals surface area contributed by atoms with Gasteiger partial charge in [0.2, 0.25) is 0 Å². The molecule has 0 aromatic carbocycles. The van der Waals surface area contributed by atoms with Crippen LogP contribution < -0.4 is 0 Å². The van der Waals surface area contributed by atoms with Crippen LogP contribution in [-0.2, 0) is 0 Å². The van der Waals surface area contributed by atoms with Gasteiger partial charge < -0.3 is 9.42 Å². The molecule has 0 N–H and O–H groups in total. The number of hydrogen-bond acceptors (Lipinski definition) is 4. The highest BCUT2D eigenvalue weighted by molar-refractivity contribution is 5.96. The van der Waals surface area contributed by atoms with Crippen molar-refractivity contribution in [3.63, 3.8) is 0 Å². The number of amides is 1. The van der Waals surface area contributed by atoms with Gasteiger partial charge in [0.15, 0.2) is 0 Å². The standard InChI is InChI=1S/C16H21N3O2/c1-11-14-8-13(9-17-15(14)21-18-11)16(20)19(2)10-12-6-4-3-5-7-12/h8-9,12H,3-7,10H2,1-2H3. The maximum Gasteiger partial charge on any atom is 0.257 e. The number of aryl methyl sites for hydroxylation is 1. The van der Waals surface area contributed by atoms with Crippen molar-refractivity contribution in [1.82, 2.24) is 15.0 Å². The third-order valence-electron chi connectivity index (χ3n) is 4.36. The van der Waals surface area contributed by atoms with Gasteiger partial charge in [-0.1, -0.05) is 24.4 Å². The van der Waals surface area contributed by atoms with Gasteiger partial charge in [0.05, 0.1) is 16.6 Å². The number of carbonyl (C=O) groups is 1. The zero-order valence-corrected chi connectivity index (χ0v) is 12.6. The lowest BCUT2D eigenvalue weighted by Crippen LogP contribution is -2.32. The number of hydrogen-bond donors (Lipinski definition) is 0. The Bertz CT molecular complexity index is 644. The molecule has 3 rings (SSSR count). The summed E-state index contributed by atoms with van der Waals surface area (Å²) in [6.45, 7) is 2.69. The Balaban J connectivity index is 1.74. The van der Waals surface area contributed by atoms with Gasteiger partial charge in [0.1, 0.15) is 0 Å². The Morgan fingerprint density at radius 1 is 1.38 bits per heavy atom. The maximum absolute atomic E-state index is 12.5. The molecule has 1 aliphatic carbocycles. The number of nitrogens with zero attached hydrogens (tertiary/aromatic N) is 3. The highest BCUT2D eigenvalue weighted by Gasteiger charge is 2.20. The second-order valence-electron chi connectivity index (χ2n) is 6.03. The van der Waals surface area contributed by atoms with Gasteiger partial charge in [-0.2, -0.15) is 0 Å². The van der Waals surface area contributed by atoms with Crippen molar-refractivity contribution < 1.29 is 9.32 Å². The molecule has 2 aromatic heterocycles. The Labute approximate surface area is 124 Å². The highest BCUT2D eigenvalue weighted by Crippen LogP contribution is 2.25. The van der Waals surface area contributed by atoms with Crippen LogP contribution in [0.2, 0.25) is 0 Å². The summed E-state index contributed by atoms with van der Waals surface area (Å²) >= 11 is 0. The molecule has 0 unspecified atom stereocenters. The maximum atomic E-state index is 12.5. The average molecular weight is 287 g/mol. The Hall–Kier alpha value is -1.91. The normalized spacial score (nSPS) is 16.3. The lowest BCUT2D eigenvalue weighted by molar-refractivity contribution is 0.0760. The third-order valence-corrected chi connectivity index (χ3v) is 4.36. The largest absolute Gasteiger partial charge is 0.341 e. The molecule has 0 saturated heterocycles. The van der Waals surface area contributed by atoms with E-state index in [9.17, 15) is 4.79 Å². The summed E-state index contributed by atoms with van der Waals surface area (Å²) in [6.07, 6.45) is 7.97. The van der Waals surface area contributed by atoms with Gasteiger partial charge in [-0.3, -0.25) is 4.79 Å². The second-order valence-corrected chi connectivity index (χ2v) is 6.03. The first-order valence-corrected chi connectivity index (χ1v) is 7.62. The van der Waals surface area contributed by atoms with Crippen LogP contribution in [0.15, 0.2) is 16.8 Å². The molecule has 0 aliphatic heterocycles. The number of carbonyl (C=O) groups excluding carboxylic acids is 1. The number of fused-ring (bicyclic) bond motifs is 1. The van der Waals surface area contributed by atoms with E-state index in [0.29, 0.717) is 17.2 Å². The van der Waals surface area contributed by atoms with E-state index < -0.39 is 0 Å². The molecule has 0 spiro atoms. The lowest BCUT2D eigenvalue weighted by atomic mass is 9.89. The van der Waals surface area contributed by atoms with E-state index in [1.165, 1.54) is 32.1 Å². The van der Waals surface area contributed by atoms with Crippen molar-refractivity contribution in [3.05, 3.63) is 23.5 Å². The van der Waals surface area contributed by atoms with Crippen LogP contribution in [0.1, 0.15) is 48.2 Å². The minimum Gasteiger partial charge on any atom is -0.341 e. The number of rotatable bonds is 3. The summed E-state index contributed by atoms with van der Waals surface area (Å²) < 4.78 is 5.08. The van der Waals surface area contributed by atoms with Gasteiger partial charge in [0, 0.05) is 19.8 Å². The molecule has 1 amide bonds. The SMILES string of the molecule is Cc1noc2ncc(C(=O)N(C)CC3CCCCC3)cc12. The first-order valence-electron chi connectivity index (χ1n) is 7.62. The molecular weight excluding hydrogens is 266 g/mol. The molecule has 2 aromatic rings. The van der Waals surface area contributed by atoms with Crippen LogP contribution in [0.4, 0.5) is 0 Å². The minimum absolute atomic E-state index is 0.0237. The van der Waals surface area contributed by atoms with E-state index in [1.54, 1.807) is 6.20 Å². The van der Waals surface area contributed by atoms with Crippen molar-refractivity contribution in [2.24, 2.45) is 5.92 Å². The summed E-state index contributed by atoms with van der Waals surface area (Å²) in [7, 11) is 1.88. The lowest BCUT2D eigenvalue weighted by Gasteiger charge is -2.27. The van der Waals surface area contributed by atoms with Crippen molar-refractivity contribution >= 4 is 17.0 Å². The monoisotopic (exact) mass is 287 g/mol. The molecule has 1 saturated carbocycles. The average Bonchev–Trinajstić information content (AvgIpc) is 2.88. The predicted molar refractivity (Wildman–Crippen MR) is 80.1 cm³/mol. The van der Waals surface area contributed by atoms with Gasteiger partial charge in [0.25, 0.3) is 11.6 Å². The summed E-state index contributed by atoms with van der Waals surface area (Å²) in [5.74, 6) is 0.664. The zero-order valence-electron chi connectivity index (χ0n) is 12.6. The summed E-state index contributed by atoms with van der Waals surface area (Å²) in [5.41, 5.74) is 1.85. The fraction of sp³-hybridized carbons (Fsp3) is 0.562.